The van der Waals surface area contributed by atoms with Gasteiger partial charge in [0.1, 0.15) is 0 Å². The lowest BCUT2D eigenvalue weighted by Crippen LogP contribution is -2.51. The SMILES string of the molecule is [2H]C([2H])([2H])N(C)c1ccc([C@H]2C[C@@]3(C)[C@@H](CC[C@@]34CCCO4)[C@@H]3C[C@@H](C)C4=CC(=O)CCC4=C32)cc1. The van der Waals surface area contributed by atoms with E-state index in [2.05, 4.69) is 26.0 Å². The summed E-state index contributed by atoms with van der Waals surface area (Å²) < 4.78 is 30.0. The van der Waals surface area contributed by atoms with Crippen molar-refractivity contribution in [2.24, 2.45) is 23.2 Å². The minimum atomic E-state index is -2.16. The molecule has 3 fully saturated rings. The molecule has 0 bridgehead atoms. The van der Waals surface area contributed by atoms with Crippen LogP contribution in [0.15, 0.2) is 47.1 Å². The van der Waals surface area contributed by atoms with E-state index in [1.807, 2.05) is 18.2 Å². The van der Waals surface area contributed by atoms with E-state index in [1.54, 1.807) is 12.6 Å². The lowest BCUT2D eigenvalue weighted by molar-refractivity contribution is -0.115. The third kappa shape index (κ3) is 3.07. The molecule has 1 aromatic rings. The molecular formula is C30H39NO2. The number of fused-ring (bicyclic) bond motifs is 5. The first-order valence-corrected chi connectivity index (χ1v) is 13.0. The van der Waals surface area contributed by atoms with Crippen molar-refractivity contribution in [1.82, 2.24) is 0 Å². The Kier molecular flexibility index (Phi) is 4.23. The van der Waals surface area contributed by atoms with Gasteiger partial charge in [0.05, 0.1) is 5.60 Å². The monoisotopic (exact) mass is 448 g/mol. The molecule has 2 saturated carbocycles. The van der Waals surface area contributed by atoms with Crippen LogP contribution in [-0.2, 0) is 9.53 Å². The average Bonchev–Trinajstić information content (AvgIpc) is 3.44. The molecule has 0 aromatic heterocycles. The molecule has 1 spiro atoms. The molecule has 0 radical (unpaired) electrons. The third-order valence-corrected chi connectivity index (χ3v) is 10.2. The van der Waals surface area contributed by atoms with Gasteiger partial charge in [-0.2, -0.15) is 0 Å². The number of benzene rings is 1. The number of carbonyl (C=O) groups excluding carboxylic acids is 1. The molecule has 6 rings (SSSR count). The summed E-state index contributed by atoms with van der Waals surface area (Å²) in [6.07, 6.45) is 10.3. The summed E-state index contributed by atoms with van der Waals surface area (Å²) in [6.45, 7) is 3.56. The molecule has 33 heavy (non-hydrogen) atoms. The summed E-state index contributed by atoms with van der Waals surface area (Å²) in [5.41, 5.74) is 6.44. The first-order valence-electron chi connectivity index (χ1n) is 14.5. The van der Waals surface area contributed by atoms with Gasteiger partial charge in [0.15, 0.2) is 5.78 Å². The fourth-order valence-corrected chi connectivity index (χ4v) is 8.60. The van der Waals surface area contributed by atoms with E-state index >= 15 is 0 Å². The highest BCUT2D eigenvalue weighted by molar-refractivity contribution is 5.93. The molecule has 1 aromatic carbocycles. The molecule has 1 aliphatic heterocycles. The predicted octanol–water partition coefficient (Wildman–Crippen LogP) is 6.45. The van der Waals surface area contributed by atoms with Crippen LogP contribution in [0.2, 0.25) is 0 Å². The number of hydrogen-bond acceptors (Lipinski definition) is 3. The van der Waals surface area contributed by atoms with Gasteiger partial charge in [-0.1, -0.05) is 31.6 Å². The lowest BCUT2D eigenvalue weighted by Gasteiger charge is -2.56. The Hall–Kier alpha value is -1.87. The lowest BCUT2D eigenvalue weighted by atomic mass is 9.50. The zero-order valence-corrected chi connectivity index (χ0v) is 20.3. The highest BCUT2D eigenvalue weighted by Gasteiger charge is 2.64. The van der Waals surface area contributed by atoms with Gasteiger partial charge in [0, 0.05) is 48.2 Å². The molecule has 0 amide bonds. The first-order chi connectivity index (χ1) is 17.0. The number of nitrogens with zero attached hydrogens (tertiary/aromatic N) is 1. The van der Waals surface area contributed by atoms with Gasteiger partial charge in [0.25, 0.3) is 0 Å². The maximum atomic E-state index is 12.4. The molecular weight excluding hydrogens is 406 g/mol. The Balaban J connectivity index is 1.48. The number of allylic oxidation sites excluding steroid dienone is 4. The number of ether oxygens (including phenoxy) is 1. The van der Waals surface area contributed by atoms with E-state index in [9.17, 15) is 4.79 Å². The van der Waals surface area contributed by atoms with Crippen molar-refractivity contribution in [2.75, 3.05) is 25.5 Å². The van der Waals surface area contributed by atoms with Gasteiger partial charge >= 0.3 is 0 Å². The number of rotatable bonds is 2. The number of hydrogen-bond donors (Lipinski definition) is 0. The molecule has 0 unspecified atom stereocenters. The summed E-state index contributed by atoms with van der Waals surface area (Å²) in [6, 6.07) is 8.26. The highest BCUT2D eigenvalue weighted by Crippen LogP contribution is 2.69. The Morgan fingerprint density at radius 2 is 2.00 bits per heavy atom. The quantitative estimate of drug-likeness (QED) is 0.521. The van der Waals surface area contributed by atoms with Crippen LogP contribution in [0, 0.1) is 23.2 Å². The fraction of sp³-hybridized carbons (Fsp3) is 0.633. The average molecular weight is 449 g/mol. The van der Waals surface area contributed by atoms with Crippen LogP contribution in [0.25, 0.3) is 0 Å². The Morgan fingerprint density at radius 3 is 2.73 bits per heavy atom. The van der Waals surface area contributed by atoms with E-state index in [4.69, 9.17) is 8.85 Å². The molecule has 6 atom stereocenters. The molecule has 1 saturated heterocycles. The minimum absolute atomic E-state index is 0.00455. The summed E-state index contributed by atoms with van der Waals surface area (Å²) in [5.74, 6) is 2.11. The number of ketones is 1. The van der Waals surface area contributed by atoms with E-state index in [0.29, 0.717) is 29.9 Å². The van der Waals surface area contributed by atoms with E-state index < -0.39 is 6.98 Å². The zero-order valence-electron chi connectivity index (χ0n) is 23.3. The Bertz CT molecular complexity index is 1130. The van der Waals surface area contributed by atoms with Gasteiger partial charge in [-0.25, -0.2) is 0 Å². The second-order valence-corrected chi connectivity index (χ2v) is 11.7. The highest BCUT2D eigenvalue weighted by atomic mass is 16.5. The summed E-state index contributed by atoms with van der Waals surface area (Å²) in [4.78, 5) is 13.8. The van der Waals surface area contributed by atoms with E-state index in [0.717, 1.165) is 38.7 Å². The normalized spacial score (nSPS) is 41.6. The largest absolute Gasteiger partial charge is 0.378 e. The van der Waals surface area contributed by atoms with Crippen molar-refractivity contribution in [3.05, 3.63) is 52.6 Å². The van der Waals surface area contributed by atoms with Gasteiger partial charge in [-0.05, 0) is 97.6 Å². The van der Waals surface area contributed by atoms with E-state index in [1.165, 1.54) is 34.5 Å². The van der Waals surface area contributed by atoms with Crippen molar-refractivity contribution in [1.29, 1.82) is 0 Å². The second kappa shape index (κ2) is 7.57. The summed E-state index contributed by atoms with van der Waals surface area (Å²) >= 11 is 0. The maximum Gasteiger partial charge on any atom is 0.156 e. The third-order valence-electron chi connectivity index (χ3n) is 10.2. The van der Waals surface area contributed by atoms with E-state index in [-0.39, 0.29) is 22.7 Å². The molecule has 3 heteroatoms. The topological polar surface area (TPSA) is 29.5 Å². The predicted molar refractivity (Wildman–Crippen MR) is 133 cm³/mol. The van der Waals surface area contributed by atoms with Crippen LogP contribution in [0.4, 0.5) is 5.69 Å². The number of anilines is 1. The van der Waals surface area contributed by atoms with Crippen LogP contribution in [0.1, 0.15) is 80.8 Å². The fourth-order valence-electron chi connectivity index (χ4n) is 8.60. The summed E-state index contributed by atoms with van der Waals surface area (Å²) in [5, 5.41) is 0. The molecule has 5 aliphatic rings. The van der Waals surface area contributed by atoms with Gasteiger partial charge in [-0.3, -0.25) is 4.79 Å². The van der Waals surface area contributed by atoms with Crippen LogP contribution in [-0.4, -0.2) is 32.0 Å². The Labute approximate surface area is 203 Å². The smallest absolute Gasteiger partial charge is 0.156 e. The van der Waals surface area contributed by atoms with Gasteiger partial charge in [0.2, 0.25) is 0 Å². The summed E-state index contributed by atoms with van der Waals surface area (Å²) in [7, 11) is 1.63. The second-order valence-electron chi connectivity index (χ2n) is 11.7. The van der Waals surface area contributed by atoms with Crippen LogP contribution in [0.5, 0.6) is 0 Å². The van der Waals surface area contributed by atoms with Crippen molar-refractivity contribution in [3.63, 3.8) is 0 Å². The molecule has 4 aliphatic carbocycles. The van der Waals surface area contributed by atoms with Crippen molar-refractivity contribution < 1.29 is 13.6 Å². The van der Waals surface area contributed by atoms with Crippen LogP contribution in [0.3, 0.4) is 0 Å². The molecule has 176 valence electrons. The van der Waals surface area contributed by atoms with Crippen molar-refractivity contribution in [2.45, 2.75) is 76.7 Å². The molecule has 3 nitrogen and oxygen atoms in total. The standard InChI is InChI=1S/C30H39NO2/c1-19-16-25-27-12-14-30(13-5-15-33-30)29(27,2)18-26(20-6-8-21(9-7-20)31(3)4)28(25)23-11-10-22(32)17-24(19)23/h6-9,17,19,25-27H,5,10-16,18H2,1-4H3/t19-,25+,26-,27+,29+,30+/m1/s1/i3D3. The Morgan fingerprint density at radius 1 is 1.18 bits per heavy atom. The zero-order chi connectivity index (χ0) is 25.5. The van der Waals surface area contributed by atoms with Gasteiger partial charge < -0.3 is 9.64 Å². The molecule has 1 heterocycles. The first kappa shape index (κ1) is 18.5. The maximum absolute atomic E-state index is 12.4. The van der Waals surface area contributed by atoms with Crippen LogP contribution < -0.4 is 4.90 Å². The van der Waals surface area contributed by atoms with Crippen LogP contribution >= 0.6 is 0 Å². The number of carbonyl (C=O) groups is 1. The van der Waals surface area contributed by atoms with Gasteiger partial charge in [-0.15, -0.1) is 0 Å². The van der Waals surface area contributed by atoms with Crippen molar-refractivity contribution >= 4 is 11.5 Å². The minimum Gasteiger partial charge on any atom is -0.378 e. The van der Waals surface area contributed by atoms with Crippen molar-refractivity contribution in [3.8, 4) is 0 Å². The molecule has 0 N–H and O–H groups in total.